The van der Waals surface area contributed by atoms with E-state index in [2.05, 4.69) is 56.0 Å². The van der Waals surface area contributed by atoms with Crippen LogP contribution in [0.3, 0.4) is 0 Å². The molecule has 2 saturated heterocycles. The molecule has 9 nitrogen and oxygen atoms in total. The van der Waals surface area contributed by atoms with E-state index in [-0.39, 0.29) is 18.1 Å². The van der Waals surface area contributed by atoms with Crippen LogP contribution in [0.5, 0.6) is 0 Å². The van der Waals surface area contributed by atoms with Crippen LogP contribution in [0.25, 0.3) is 0 Å². The van der Waals surface area contributed by atoms with Crippen molar-refractivity contribution in [3.05, 3.63) is 25.1 Å². The number of nitrogens with zero attached hydrogens (tertiary/aromatic N) is 4. The minimum Gasteiger partial charge on any atom is -0.378 e. The van der Waals surface area contributed by atoms with E-state index in [0.717, 1.165) is 45.4 Å². The number of morpholine rings is 1. The Kier molecular flexibility index (Phi) is 10.4. The lowest BCUT2D eigenvalue weighted by molar-refractivity contribution is -0.117. The Morgan fingerprint density at radius 2 is 2.14 bits per heavy atom. The fraction of sp³-hybridized carbons (Fsp3) is 0.650. The number of nitrogens with one attached hydrogen (secondary N) is 3. The number of aliphatic imine (C=N–C) groups is 2. The highest BCUT2D eigenvalue weighted by atomic mass is 16.5. The summed E-state index contributed by atoms with van der Waals surface area (Å²) in [6, 6.07) is 0.114. The van der Waals surface area contributed by atoms with Gasteiger partial charge in [-0.1, -0.05) is 20.1 Å². The summed E-state index contributed by atoms with van der Waals surface area (Å²) in [5, 5.41) is 3.00. The van der Waals surface area contributed by atoms with E-state index >= 15 is 0 Å². The fourth-order valence-electron chi connectivity index (χ4n) is 3.37. The van der Waals surface area contributed by atoms with Crippen molar-refractivity contribution in [3.63, 3.8) is 0 Å². The average molecular weight is 406 g/mol. The van der Waals surface area contributed by atoms with Gasteiger partial charge in [0.15, 0.2) is 0 Å². The normalized spacial score (nSPS) is 22.0. The number of carbonyl (C=O) groups excluding carboxylic acids is 1. The van der Waals surface area contributed by atoms with Crippen molar-refractivity contribution in [1.29, 1.82) is 0 Å². The first-order valence-electron chi connectivity index (χ1n) is 10.3. The summed E-state index contributed by atoms with van der Waals surface area (Å²) in [6.07, 6.45) is 7.73. The van der Waals surface area contributed by atoms with Gasteiger partial charge in [-0.2, -0.15) is 0 Å². The van der Waals surface area contributed by atoms with E-state index in [1.807, 2.05) is 6.21 Å². The Hall–Kier alpha value is -2.23. The van der Waals surface area contributed by atoms with Crippen LogP contribution in [0.1, 0.15) is 26.2 Å². The molecule has 2 atom stereocenters. The lowest BCUT2D eigenvalue weighted by atomic mass is 10.1. The van der Waals surface area contributed by atoms with Crippen LogP contribution < -0.4 is 16.2 Å². The van der Waals surface area contributed by atoms with Crippen LogP contribution in [0, 0.1) is 0 Å². The Labute approximate surface area is 173 Å². The molecule has 2 heterocycles. The first kappa shape index (κ1) is 23.1. The van der Waals surface area contributed by atoms with Gasteiger partial charge < -0.3 is 20.4 Å². The molecule has 2 aliphatic rings. The highest BCUT2D eigenvalue weighted by molar-refractivity contribution is 5.87. The van der Waals surface area contributed by atoms with Crippen LogP contribution in [-0.2, 0) is 9.53 Å². The van der Waals surface area contributed by atoms with Crippen molar-refractivity contribution in [2.75, 3.05) is 45.9 Å². The van der Waals surface area contributed by atoms with Crippen molar-refractivity contribution in [3.8, 4) is 0 Å². The van der Waals surface area contributed by atoms with Gasteiger partial charge in [0.25, 0.3) is 0 Å². The standard InChI is InChI=1S/C20H35N7O2/c1-4-8-21-14-19(27-9-6-7-18(15-27)24-20(28)5-2)25-23-16-22-17(3)26-10-12-29-13-11-26/h5,8,16,18-19,25H,2-4,6-7,9-15H2,1H3,(H,22,23)(H,24,28)/t18-,19?/m1/s1. The number of carbonyl (C=O) groups is 1. The molecular weight excluding hydrogens is 370 g/mol. The van der Waals surface area contributed by atoms with E-state index in [0.29, 0.717) is 25.6 Å². The Balaban J connectivity index is 1.86. The molecule has 2 fully saturated rings. The van der Waals surface area contributed by atoms with Crippen molar-refractivity contribution in [2.24, 2.45) is 9.98 Å². The third-order valence-corrected chi connectivity index (χ3v) is 4.92. The second kappa shape index (κ2) is 13.1. The molecule has 0 bridgehead atoms. The van der Waals surface area contributed by atoms with Crippen LogP contribution in [-0.4, -0.2) is 86.4 Å². The largest absolute Gasteiger partial charge is 0.378 e. The minimum atomic E-state index is -0.128. The molecule has 9 heteroatoms. The van der Waals surface area contributed by atoms with Crippen LogP contribution in [0.15, 0.2) is 35.0 Å². The number of hydrogen-bond donors (Lipinski definition) is 3. The minimum absolute atomic E-state index is 0.00987. The molecule has 0 aromatic heterocycles. The summed E-state index contributed by atoms with van der Waals surface area (Å²) in [5.41, 5.74) is 6.36. The van der Waals surface area contributed by atoms with Crippen molar-refractivity contribution >= 4 is 18.5 Å². The molecule has 0 radical (unpaired) electrons. The SMILES string of the molecule is C=CC(=O)N[C@@H]1CCCN(C(CN=CCC)NNC=NC(=C)N2CCOCC2)C1. The van der Waals surface area contributed by atoms with E-state index in [1.54, 1.807) is 6.34 Å². The molecule has 162 valence electrons. The highest BCUT2D eigenvalue weighted by Gasteiger charge is 2.26. The topological polar surface area (TPSA) is 93.6 Å². The third-order valence-electron chi connectivity index (χ3n) is 4.92. The van der Waals surface area contributed by atoms with Gasteiger partial charge in [-0.3, -0.25) is 14.7 Å². The number of ether oxygens (including phenoxy) is 1. The summed E-state index contributed by atoms with van der Waals surface area (Å²) in [7, 11) is 0. The number of piperidine rings is 1. The van der Waals surface area contributed by atoms with Gasteiger partial charge in [0, 0.05) is 25.7 Å². The first-order valence-corrected chi connectivity index (χ1v) is 10.3. The molecule has 0 aromatic rings. The van der Waals surface area contributed by atoms with Gasteiger partial charge in [-0.05, 0) is 38.1 Å². The second-order valence-corrected chi connectivity index (χ2v) is 7.08. The van der Waals surface area contributed by atoms with Gasteiger partial charge in [0.1, 0.15) is 12.2 Å². The maximum atomic E-state index is 11.6. The molecule has 1 unspecified atom stereocenters. The quantitative estimate of drug-likeness (QED) is 0.200. The lowest BCUT2D eigenvalue weighted by Gasteiger charge is -2.38. The van der Waals surface area contributed by atoms with Crippen LogP contribution >= 0.6 is 0 Å². The van der Waals surface area contributed by atoms with Gasteiger partial charge in [0.2, 0.25) is 5.91 Å². The molecule has 0 aliphatic carbocycles. The summed E-state index contributed by atoms with van der Waals surface area (Å²) in [6.45, 7) is 15.0. The maximum absolute atomic E-state index is 11.6. The maximum Gasteiger partial charge on any atom is 0.243 e. The van der Waals surface area contributed by atoms with Crippen molar-refractivity contribution in [2.45, 2.75) is 38.4 Å². The van der Waals surface area contributed by atoms with Crippen molar-refractivity contribution in [1.82, 2.24) is 26.0 Å². The Morgan fingerprint density at radius 1 is 1.34 bits per heavy atom. The fourth-order valence-corrected chi connectivity index (χ4v) is 3.37. The first-order chi connectivity index (χ1) is 14.1. The zero-order valence-electron chi connectivity index (χ0n) is 17.5. The molecule has 29 heavy (non-hydrogen) atoms. The molecule has 0 spiro atoms. The van der Waals surface area contributed by atoms with Gasteiger partial charge in [0.05, 0.1) is 25.9 Å². The van der Waals surface area contributed by atoms with Gasteiger partial charge in [-0.25, -0.2) is 10.4 Å². The van der Waals surface area contributed by atoms with E-state index < -0.39 is 0 Å². The summed E-state index contributed by atoms with van der Waals surface area (Å²) in [4.78, 5) is 24.9. The summed E-state index contributed by atoms with van der Waals surface area (Å²) >= 11 is 0. The Morgan fingerprint density at radius 3 is 2.86 bits per heavy atom. The average Bonchev–Trinajstić information content (AvgIpc) is 2.76. The number of rotatable bonds is 11. The van der Waals surface area contributed by atoms with E-state index in [4.69, 9.17) is 4.74 Å². The molecular formula is C20H35N7O2. The zero-order chi connectivity index (χ0) is 20.9. The second-order valence-electron chi connectivity index (χ2n) is 7.08. The molecule has 1 amide bonds. The molecule has 0 saturated carbocycles. The molecule has 2 aliphatic heterocycles. The predicted octanol–water partition coefficient (Wildman–Crippen LogP) is 0.486. The smallest absolute Gasteiger partial charge is 0.243 e. The Bertz CT molecular complexity index is 587. The van der Waals surface area contributed by atoms with Crippen molar-refractivity contribution < 1.29 is 9.53 Å². The number of amides is 1. The van der Waals surface area contributed by atoms with Crippen LogP contribution in [0.2, 0.25) is 0 Å². The van der Waals surface area contributed by atoms with Gasteiger partial charge >= 0.3 is 0 Å². The number of hydrazine groups is 1. The molecule has 3 N–H and O–H groups in total. The number of hydrogen-bond acceptors (Lipinski definition) is 7. The number of likely N-dealkylation sites (tertiary alicyclic amines) is 1. The van der Waals surface area contributed by atoms with E-state index in [1.165, 1.54) is 6.08 Å². The molecule has 2 rings (SSSR count). The monoisotopic (exact) mass is 405 g/mol. The van der Waals surface area contributed by atoms with Crippen LogP contribution in [0.4, 0.5) is 0 Å². The zero-order valence-corrected chi connectivity index (χ0v) is 17.5. The third kappa shape index (κ3) is 8.35. The summed E-state index contributed by atoms with van der Waals surface area (Å²) < 4.78 is 5.35. The van der Waals surface area contributed by atoms with Gasteiger partial charge in [-0.15, -0.1) is 0 Å². The predicted molar refractivity (Wildman–Crippen MR) is 117 cm³/mol. The highest BCUT2D eigenvalue weighted by Crippen LogP contribution is 2.12. The molecule has 0 aromatic carbocycles. The lowest BCUT2D eigenvalue weighted by Crippen LogP contribution is -2.58. The summed E-state index contributed by atoms with van der Waals surface area (Å²) in [5.74, 6) is 0.588. The van der Waals surface area contributed by atoms with E-state index in [9.17, 15) is 4.79 Å².